The highest BCUT2D eigenvalue weighted by Gasteiger charge is 2.42. The topological polar surface area (TPSA) is 46.0 Å². The summed E-state index contributed by atoms with van der Waals surface area (Å²) in [5.41, 5.74) is 6.65. The number of aromatic nitrogens is 3. The van der Waals surface area contributed by atoms with Crippen molar-refractivity contribution in [2.45, 2.75) is 32.9 Å². The molecule has 1 aromatic carbocycles. The van der Waals surface area contributed by atoms with E-state index in [9.17, 15) is 0 Å². The SMILES string of the molecule is Cc1ccnc(-n2c(C)cc([C@H]3[C@H](c4ccccn4)NC(=S)N3c3ccc(Br)cc3)c2C)c1. The third-order valence-electron chi connectivity index (χ3n) is 6.12. The summed E-state index contributed by atoms with van der Waals surface area (Å²) < 4.78 is 3.25. The second kappa shape index (κ2) is 8.72. The zero-order valence-corrected chi connectivity index (χ0v) is 21.1. The fraction of sp³-hybridized carbons (Fsp3) is 0.192. The molecule has 1 aliphatic rings. The van der Waals surface area contributed by atoms with E-state index in [1.165, 1.54) is 11.1 Å². The Morgan fingerprint density at radius 2 is 1.73 bits per heavy atom. The van der Waals surface area contributed by atoms with Crippen LogP contribution < -0.4 is 10.2 Å². The summed E-state index contributed by atoms with van der Waals surface area (Å²) in [4.78, 5) is 11.5. The van der Waals surface area contributed by atoms with Gasteiger partial charge in [-0.1, -0.05) is 22.0 Å². The number of nitrogens with zero attached hydrogens (tertiary/aromatic N) is 4. The van der Waals surface area contributed by atoms with Gasteiger partial charge in [-0.05, 0) is 98.7 Å². The van der Waals surface area contributed by atoms with Crippen molar-refractivity contribution in [3.05, 3.63) is 106 Å². The van der Waals surface area contributed by atoms with Crippen LogP contribution in [0.3, 0.4) is 0 Å². The van der Waals surface area contributed by atoms with E-state index in [4.69, 9.17) is 12.2 Å². The van der Waals surface area contributed by atoms with Crippen LogP contribution in [0.25, 0.3) is 5.82 Å². The van der Waals surface area contributed by atoms with Crippen molar-refractivity contribution in [3.63, 3.8) is 0 Å². The molecule has 1 N–H and O–H groups in total. The first kappa shape index (κ1) is 21.8. The molecule has 5 rings (SSSR count). The van der Waals surface area contributed by atoms with Crippen LogP contribution in [0, 0.1) is 20.8 Å². The number of benzene rings is 1. The molecule has 166 valence electrons. The average Bonchev–Trinajstić information content (AvgIpc) is 3.30. The number of pyridine rings is 2. The lowest BCUT2D eigenvalue weighted by Crippen LogP contribution is -2.29. The highest BCUT2D eigenvalue weighted by molar-refractivity contribution is 9.10. The summed E-state index contributed by atoms with van der Waals surface area (Å²) in [6.07, 6.45) is 3.69. The van der Waals surface area contributed by atoms with E-state index in [1.54, 1.807) is 0 Å². The van der Waals surface area contributed by atoms with Gasteiger partial charge in [-0.25, -0.2) is 4.98 Å². The molecule has 3 aromatic heterocycles. The molecule has 0 amide bonds. The molecular weight excluding hydrogens is 494 g/mol. The van der Waals surface area contributed by atoms with Gasteiger partial charge < -0.3 is 14.8 Å². The summed E-state index contributed by atoms with van der Waals surface area (Å²) in [5, 5.41) is 4.24. The van der Waals surface area contributed by atoms with E-state index in [0.717, 1.165) is 33.1 Å². The molecule has 1 fully saturated rings. The van der Waals surface area contributed by atoms with Gasteiger partial charge in [-0.15, -0.1) is 0 Å². The first-order valence-corrected chi connectivity index (χ1v) is 12.0. The molecule has 0 radical (unpaired) electrons. The molecule has 0 aliphatic carbocycles. The molecule has 0 spiro atoms. The molecule has 2 atom stereocenters. The van der Waals surface area contributed by atoms with Crippen molar-refractivity contribution in [1.82, 2.24) is 19.9 Å². The second-order valence-electron chi connectivity index (χ2n) is 8.33. The van der Waals surface area contributed by atoms with Crippen molar-refractivity contribution in [2.24, 2.45) is 0 Å². The van der Waals surface area contributed by atoms with Crippen molar-refractivity contribution >= 4 is 38.9 Å². The molecule has 33 heavy (non-hydrogen) atoms. The Morgan fingerprint density at radius 1 is 0.939 bits per heavy atom. The number of anilines is 1. The molecule has 0 saturated carbocycles. The normalized spacial score (nSPS) is 17.9. The Morgan fingerprint density at radius 3 is 2.42 bits per heavy atom. The van der Waals surface area contributed by atoms with Crippen molar-refractivity contribution < 1.29 is 0 Å². The highest BCUT2D eigenvalue weighted by Crippen LogP contribution is 2.43. The fourth-order valence-corrected chi connectivity index (χ4v) is 5.24. The van der Waals surface area contributed by atoms with Crippen LogP contribution in [0.2, 0.25) is 0 Å². The van der Waals surface area contributed by atoms with Gasteiger partial charge in [0.05, 0.1) is 17.8 Å². The summed E-state index contributed by atoms with van der Waals surface area (Å²) in [6, 6.07) is 20.5. The summed E-state index contributed by atoms with van der Waals surface area (Å²) >= 11 is 9.41. The third kappa shape index (κ3) is 3.96. The third-order valence-corrected chi connectivity index (χ3v) is 6.97. The number of rotatable bonds is 4. The number of nitrogens with one attached hydrogen (secondary N) is 1. The van der Waals surface area contributed by atoms with Crippen molar-refractivity contribution in [2.75, 3.05) is 4.90 Å². The van der Waals surface area contributed by atoms with Gasteiger partial charge in [0, 0.05) is 33.9 Å². The molecule has 1 aliphatic heterocycles. The van der Waals surface area contributed by atoms with Gasteiger partial charge in [-0.2, -0.15) is 0 Å². The fourth-order valence-electron chi connectivity index (χ4n) is 4.63. The molecule has 1 saturated heterocycles. The van der Waals surface area contributed by atoms with E-state index in [0.29, 0.717) is 5.11 Å². The molecule has 7 heteroatoms. The predicted octanol–water partition coefficient (Wildman–Crippen LogP) is 6.13. The largest absolute Gasteiger partial charge is 0.351 e. The Bertz CT molecular complexity index is 1320. The predicted molar refractivity (Wildman–Crippen MR) is 140 cm³/mol. The first-order valence-electron chi connectivity index (χ1n) is 10.8. The van der Waals surface area contributed by atoms with Gasteiger partial charge in [0.15, 0.2) is 5.11 Å². The zero-order valence-electron chi connectivity index (χ0n) is 18.7. The summed E-state index contributed by atoms with van der Waals surface area (Å²) in [5.74, 6) is 0.925. The first-order chi connectivity index (χ1) is 15.9. The van der Waals surface area contributed by atoms with Crippen molar-refractivity contribution in [3.8, 4) is 5.82 Å². The molecular formula is C26H24BrN5S. The molecule has 0 bridgehead atoms. The van der Waals surface area contributed by atoms with Crippen LogP contribution in [0.15, 0.2) is 77.5 Å². The number of hydrogen-bond acceptors (Lipinski definition) is 3. The minimum atomic E-state index is -0.0817. The quantitative estimate of drug-likeness (QED) is 0.329. The van der Waals surface area contributed by atoms with Crippen LogP contribution in [0.1, 0.15) is 40.3 Å². The molecule has 0 unspecified atom stereocenters. The van der Waals surface area contributed by atoms with Crippen LogP contribution in [-0.2, 0) is 0 Å². The van der Waals surface area contributed by atoms with Gasteiger partial charge in [0.25, 0.3) is 0 Å². The Balaban J connectivity index is 1.68. The van der Waals surface area contributed by atoms with E-state index < -0.39 is 0 Å². The van der Waals surface area contributed by atoms with Crippen LogP contribution in [0.4, 0.5) is 5.69 Å². The Hall–Kier alpha value is -3.03. The smallest absolute Gasteiger partial charge is 0.174 e. The lowest BCUT2D eigenvalue weighted by atomic mass is 9.96. The lowest BCUT2D eigenvalue weighted by molar-refractivity contribution is 0.565. The monoisotopic (exact) mass is 517 g/mol. The van der Waals surface area contributed by atoms with Crippen molar-refractivity contribution in [1.29, 1.82) is 0 Å². The van der Waals surface area contributed by atoms with Crippen LogP contribution in [-0.4, -0.2) is 19.6 Å². The van der Waals surface area contributed by atoms with E-state index >= 15 is 0 Å². The van der Waals surface area contributed by atoms with Gasteiger partial charge in [0.1, 0.15) is 5.82 Å². The number of halogens is 1. The van der Waals surface area contributed by atoms with E-state index in [2.05, 4.69) is 91.8 Å². The molecule has 5 nitrogen and oxygen atoms in total. The van der Waals surface area contributed by atoms with Crippen LogP contribution in [0.5, 0.6) is 0 Å². The number of aryl methyl sites for hydroxylation is 2. The number of thiocarbonyl (C=S) groups is 1. The number of hydrogen-bond donors (Lipinski definition) is 1. The lowest BCUT2D eigenvalue weighted by Gasteiger charge is -2.28. The Kier molecular flexibility index (Phi) is 5.76. The van der Waals surface area contributed by atoms with Gasteiger partial charge in [-0.3, -0.25) is 4.98 Å². The standard InChI is InChI=1S/C26H24BrN5S/c1-16-11-13-29-23(14-16)31-17(2)15-21(18(31)3)25-24(22-6-4-5-12-28-22)30-26(33)32(25)20-9-7-19(27)8-10-20/h4-15,24-25H,1-3H3,(H,30,33)/t24-,25-/m0/s1. The maximum atomic E-state index is 5.86. The maximum absolute atomic E-state index is 5.86. The second-order valence-corrected chi connectivity index (χ2v) is 9.63. The Labute approximate surface area is 207 Å². The average molecular weight is 518 g/mol. The minimum absolute atomic E-state index is 0.0571. The highest BCUT2D eigenvalue weighted by atomic mass is 79.9. The maximum Gasteiger partial charge on any atom is 0.174 e. The van der Waals surface area contributed by atoms with Gasteiger partial charge >= 0.3 is 0 Å². The van der Waals surface area contributed by atoms with Gasteiger partial charge in [0.2, 0.25) is 0 Å². The minimum Gasteiger partial charge on any atom is -0.351 e. The molecule has 4 heterocycles. The van der Waals surface area contributed by atoms with E-state index in [1.807, 2.05) is 42.7 Å². The zero-order chi connectivity index (χ0) is 23.1. The summed E-state index contributed by atoms with van der Waals surface area (Å²) in [7, 11) is 0. The van der Waals surface area contributed by atoms with E-state index in [-0.39, 0.29) is 12.1 Å². The summed E-state index contributed by atoms with van der Waals surface area (Å²) in [6.45, 7) is 6.37. The van der Waals surface area contributed by atoms with Crippen LogP contribution >= 0.6 is 28.1 Å². The molecule has 4 aromatic rings.